The van der Waals surface area contributed by atoms with Crippen LogP contribution >= 0.6 is 12.6 Å². The van der Waals surface area contributed by atoms with Gasteiger partial charge in [-0.15, -0.1) is 0 Å². The molecule has 1 atom stereocenters. The summed E-state index contributed by atoms with van der Waals surface area (Å²) in [7, 11) is 0. The van der Waals surface area contributed by atoms with Crippen molar-refractivity contribution in [3.8, 4) is 0 Å². The highest BCUT2D eigenvalue weighted by Crippen LogP contribution is 2.42. The highest BCUT2D eigenvalue weighted by Gasteiger charge is 2.38. The lowest BCUT2D eigenvalue weighted by molar-refractivity contribution is -0.146. The minimum atomic E-state index is -4.57. The van der Waals surface area contributed by atoms with Crippen molar-refractivity contribution in [2.45, 2.75) is 44.4 Å². The molecule has 1 N–H and O–H groups in total. The second kappa shape index (κ2) is 7.45. The van der Waals surface area contributed by atoms with Crippen LogP contribution in [0, 0.1) is 0 Å². The van der Waals surface area contributed by atoms with Crippen LogP contribution in [0.3, 0.4) is 0 Å². The molecule has 2 rings (SSSR count). The van der Waals surface area contributed by atoms with Crippen molar-refractivity contribution >= 4 is 24.5 Å². The fourth-order valence-corrected chi connectivity index (χ4v) is 2.44. The maximum absolute atomic E-state index is 12.8. The molecule has 6 nitrogen and oxygen atoms in total. The first-order chi connectivity index (χ1) is 11.3. The van der Waals surface area contributed by atoms with Crippen LogP contribution < -0.4 is 5.32 Å². The summed E-state index contributed by atoms with van der Waals surface area (Å²) in [6.45, 7) is 1.38. The average Bonchev–Trinajstić information content (AvgIpc) is 3.24. The molecular weight excluding hydrogens is 347 g/mol. The molecule has 0 unspecified atom stereocenters. The molecule has 1 saturated carbocycles. The number of carbonyl (C=O) groups excluding carboxylic acids is 2. The summed E-state index contributed by atoms with van der Waals surface area (Å²) in [6, 6.07) is 0.0228. The van der Waals surface area contributed by atoms with Crippen molar-refractivity contribution in [1.82, 2.24) is 15.1 Å². The van der Waals surface area contributed by atoms with E-state index in [1.54, 1.807) is 6.92 Å². The van der Waals surface area contributed by atoms with Gasteiger partial charge in [0.05, 0.1) is 6.61 Å². The zero-order chi connectivity index (χ0) is 17.9. The first-order valence-electron chi connectivity index (χ1n) is 7.48. The smallest absolute Gasteiger partial charge is 0.435 e. The van der Waals surface area contributed by atoms with Crippen molar-refractivity contribution in [3.05, 3.63) is 17.5 Å². The summed E-state index contributed by atoms with van der Waals surface area (Å²) in [5.41, 5.74) is -0.635. The van der Waals surface area contributed by atoms with E-state index in [0.717, 1.165) is 23.6 Å². The van der Waals surface area contributed by atoms with Crippen LogP contribution in [0.2, 0.25) is 0 Å². The summed E-state index contributed by atoms with van der Waals surface area (Å²) in [5.74, 6) is -1.25. The molecule has 0 spiro atoms. The van der Waals surface area contributed by atoms with E-state index >= 15 is 0 Å². The van der Waals surface area contributed by atoms with Crippen LogP contribution in [0.25, 0.3) is 0 Å². The van der Waals surface area contributed by atoms with Gasteiger partial charge in [-0.05, 0) is 25.8 Å². The summed E-state index contributed by atoms with van der Waals surface area (Å²) in [6.07, 6.45) is -3.02. The van der Waals surface area contributed by atoms with E-state index in [1.165, 1.54) is 0 Å². The molecule has 1 fully saturated rings. The molecule has 0 aliphatic heterocycles. The molecule has 1 aromatic rings. The fraction of sp³-hybridized carbons (Fsp3) is 0.643. The normalized spacial score (nSPS) is 15.9. The lowest BCUT2D eigenvalue weighted by Crippen LogP contribution is -2.44. The molecule has 1 heterocycles. The van der Waals surface area contributed by atoms with E-state index in [2.05, 4.69) is 23.0 Å². The number of ether oxygens (including phenoxy) is 1. The third-order valence-electron chi connectivity index (χ3n) is 3.48. The molecule has 0 radical (unpaired) electrons. The molecule has 1 aliphatic rings. The first kappa shape index (κ1) is 18.6. The van der Waals surface area contributed by atoms with Gasteiger partial charge in [-0.1, -0.05) is 0 Å². The van der Waals surface area contributed by atoms with Gasteiger partial charge < -0.3 is 10.1 Å². The fourth-order valence-electron chi connectivity index (χ4n) is 2.20. The standard InChI is InChI=1S/C14H18F3N3O3S/c1-2-23-13(22)9(7-24)18-12(21)6-20-10(8-3-4-8)5-11(19-20)14(15,16)17/h5,8-9,24H,2-4,6-7H2,1H3,(H,18,21)/t9-/m0/s1. The van der Waals surface area contributed by atoms with E-state index in [0.29, 0.717) is 5.69 Å². The maximum Gasteiger partial charge on any atom is 0.435 e. The van der Waals surface area contributed by atoms with E-state index in [1.807, 2.05) is 0 Å². The molecule has 0 saturated heterocycles. The molecular formula is C14H18F3N3O3S. The number of rotatable bonds is 7. The van der Waals surface area contributed by atoms with Crippen molar-refractivity contribution in [2.24, 2.45) is 0 Å². The summed E-state index contributed by atoms with van der Waals surface area (Å²) in [5, 5.41) is 5.89. The highest BCUT2D eigenvalue weighted by molar-refractivity contribution is 7.80. The number of alkyl halides is 3. The third-order valence-corrected chi connectivity index (χ3v) is 3.84. The van der Waals surface area contributed by atoms with Gasteiger partial charge in [-0.2, -0.15) is 30.9 Å². The molecule has 24 heavy (non-hydrogen) atoms. The summed E-state index contributed by atoms with van der Waals surface area (Å²) in [4.78, 5) is 23.7. The van der Waals surface area contributed by atoms with E-state index < -0.39 is 36.3 Å². The monoisotopic (exact) mass is 365 g/mol. The molecule has 0 aromatic carbocycles. The molecule has 1 amide bonds. The lowest BCUT2D eigenvalue weighted by Gasteiger charge is -2.15. The predicted octanol–water partition coefficient (Wildman–Crippen LogP) is 1.76. The van der Waals surface area contributed by atoms with Crippen LogP contribution in [0.1, 0.15) is 37.1 Å². The Balaban J connectivity index is 2.08. The molecule has 134 valence electrons. The Bertz CT molecular complexity index is 614. The van der Waals surface area contributed by atoms with Gasteiger partial charge in [0.15, 0.2) is 5.69 Å². The Hall–Kier alpha value is -1.71. The number of hydrogen-bond acceptors (Lipinski definition) is 5. The van der Waals surface area contributed by atoms with E-state index in [-0.39, 0.29) is 18.3 Å². The van der Waals surface area contributed by atoms with Gasteiger partial charge in [0.25, 0.3) is 0 Å². The van der Waals surface area contributed by atoms with Crippen LogP contribution in [0.15, 0.2) is 6.07 Å². The van der Waals surface area contributed by atoms with Crippen molar-refractivity contribution in [2.75, 3.05) is 12.4 Å². The van der Waals surface area contributed by atoms with Crippen LogP contribution in [-0.2, 0) is 27.0 Å². The number of halogens is 3. The number of hydrogen-bond donors (Lipinski definition) is 2. The minimum absolute atomic E-state index is 0.00728. The van der Waals surface area contributed by atoms with E-state index in [9.17, 15) is 22.8 Å². The van der Waals surface area contributed by atoms with Crippen molar-refractivity contribution in [1.29, 1.82) is 0 Å². The maximum atomic E-state index is 12.8. The number of amides is 1. The molecule has 1 aliphatic carbocycles. The van der Waals surface area contributed by atoms with Crippen LogP contribution in [-0.4, -0.2) is 40.1 Å². The van der Waals surface area contributed by atoms with Crippen LogP contribution in [0.4, 0.5) is 13.2 Å². The summed E-state index contributed by atoms with van der Waals surface area (Å²) >= 11 is 3.97. The number of thiol groups is 1. The number of aromatic nitrogens is 2. The summed E-state index contributed by atoms with van der Waals surface area (Å²) < 4.78 is 44.3. The minimum Gasteiger partial charge on any atom is -0.464 e. The Kier molecular flexibility index (Phi) is 5.79. The molecule has 10 heteroatoms. The van der Waals surface area contributed by atoms with Crippen LogP contribution in [0.5, 0.6) is 0 Å². The average molecular weight is 365 g/mol. The quantitative estimate of drug-likeness (QED) is 0.570. The number of carbonyl (C=O) groups is 2. The van der Waals surface area contributed by atoms with Gasteiger partial charge in [0, 0.05) is 17.4 Å². The number of esters is 1. The van der Waals surface area contributed by atoms with Gasteiger partial charge in [0.2, 0.25) is 5.91 Å². The first-order valence-corrected chi connectivity index (χ1v) is 8.11. The zero-order valence-corrected chi connectivity index (χ0v) is 13.9. The molecule has 1 aromatic heterocycles. The van der Waals surface area contributed by atoms with Gasteiger partial charge in [0.1, 0.15) is 12.6 Å². The lowest BCUT2D eigenvalue weighted by atomic mass is 10.2. The highest BCUT2D eigenvalue weighted by atomic mass is 32.1. The van der Waals surface area contributed by atoms with Gasteiger partial charge in [-0.3, -0.25) is 9.48 Å². The number of nitrogens with one attached hydrogen (secondary N) is 1. The van der Waals surface area contributed by atoms with Gasteiger partial charge >= 0.3 is 12.1 Å². The predicted molar refractivity (Wildman–Crippen MR) is 81.6 cm³/mol. The molecule has 0 bridgehead atoms. The largest absolute Gasteiger partial charge is 0.464 e. The Labute approximate surface area is 142 Å². The van der Waals surface area contributed by atoms with E-state index in [4.69, 9.17) is 4.74 Å². The number of nitrogens with zero attached hydrogens (tertiary/aromatic N) is 2. The third kappa shape index (κ3) is 4.65. The second-order valence-corrected chi connectivity index (χ2v) is 5.80. The topological polar surface area (TPSA) is 73.2 Å². The van der Waals surface area contributed by atoms with Crippen molar-refractivity contribution in [3.63, 3.8) is 0 Å². The Morgan fingerprint density at radius 2 is 2.17 bits per heavy atom. The van der Waals surface area contributed by atoms with Crippen molar-refractivity contribution < 1.29 is 27.5 Å². The van der Waals surface area contributed by atoms with Gasteiger partial charge in [-0.25, -0.2) is 4.79 Å². The Morgan fingerprint density at radius 3 is 2.67 bits per heavy atom. The Morgan fingerprint density at radius 1 is 1.50 bits per heavy atom. The second-order valence-electron chi connectivity index (χ2n) is 5.44. The zero-order valence-electron chi connectivity index (χ0n) is 13.0. The SMILES string of the molecule is CCOC(=O)[C@H](CS)NC(=O)Cn1nc(C(F)(F)F)cc1C1CC1.